The van der Waals surface area contributed by atoms with Crippen molar-refractivity contribution in [2.45, 2.75) is 32.1 Å². The number of unbranched alkanes of at least 4 members (excludes halogenated alkanes) is 3. The number of hydrogen-bond donors (Lipinski definition) is 2. The molecule has 2 rings (SSSR count). The maximum atomic E-state index is 12.5. The Bertz CT molecular complexity index is 648. The molecular formula is C16H20ClN3O4. The molecule has 8 heteroatoms. The molecule has 1 aromatic rings. The molecule has 0 unspecified atom stereocenters. The molecule has 2 N–H and O–H groups in total. The van der Waals surface area contributed by atoms with E-state index in [4.69, 9.17) is 21.6 Å². The van der Waals surface area contributed by atoms with E-state index < -0.39 is 0 Å². The van der Waals surface area contributed by atoms with Crippen LogP contribution in [0, 0.1) is 0 Å². The highest BCUT2D eigenvalue weighted by atomic mass is 35.5. The molecule has 24 heavy (non-hydrogen) atoms. The van der Waals surface area contributed by atoms with Gasteiger partial charge in [-0.15, -0.1) is 0 Å². The van der Waals surface area contributed by atoms with Crippen molar-refractivity contribution in [3.63, 3.8) is 0 Å². The van der Waals surface area contributed by atoms with Gasteiger partial charge in [0.2, 0.25) is 5.91 Å². The summed E-state index contributed by atoms with van der Waals surface area (Å²) >= 11 is 6.25. The molecule has 0 aromatic heterocycles. The van der Waals surface area contributed by atoms with E-state index in [1.165, 1.54) is 7.11 Å². The lowest BCUT2D eigenvalue weighted by molar-refractivity contribution is -0.129. The van der Waals surface area contributed by atoms with Gasteiger partial charge in [0.1, 0.15) is 7.11 Å². The normalized spacial score (nSPS) is 14.9. The number of rotatable bonds is 8. The van der Waals surface area contributed by atoms with Gasteiger partial charge in [0.05, 0.1) is 10.7 Å². The van der Waals surface area contributed by atoms with Crippen LogP contribution in [0.25, 0.3) is 0 Å². The zero-order chi connectivity index (χ0) is 17.5. The molecule has 0 aliphatic carbocycles. The molecule has 0 fully saturated rings. The fourth-order valence-corrected chi connectivity index (χ4v) is 2.96. The smallest absolute Gasteiger partial charge is 0.281 e. The van der Waals surface area contributed by atoms with Crippen molar-refractivity contribution in [2.24, 2.45) is 5.16 Å². The molecule has 1 aromatic carbocycles. The summed E-state index contributed by atoms with van der Waals surface area (Å²) in [4.78, 5) is 29.8. The number of carbonyl (C=O) groups excluding carboxylic acids is 2. The van der Waals surface area contributed by atoms with Crippen LogP contribution in [0.3, 0.4) is 0 Å². The average molecular weight is 354 g/mol. The van der Waals surface area contributed by atoms with Crippen molar-refractivity contribution in [3.05, 3.63) is 28.8 Å². The number of nitrogens with one attached hydrogen (secondary N) is 1. The first-order chi connectivity index (χ1) is 11.6. The zero-order valence-corrected chi connectivity index (χ0v) is 14.2. The molecule has 0 saturated heterocycles. The van der Waals surface area contributed by atoms with E-state index >= 15 is 0 Å². The molecule has 1 aliphatic rings. The first-order valence-corrected chi connectivity index (χ1v) is 8.12. The van der Waals surface area contributed by atoms with Crippen molar-refractivity contribution in [2.75, 3.05) is 18.6 Å². The predicted molar refractivity (Wildman–Crippen MR) is 90.4 cm³/mol. The second kappa shape index (κ2) is 8.65. The van der Waals surface area contributed by atoms with Crippen LogP contribution >= 0.6 is 11.6 Å². The fraction of sp³-hybridized carbons (Fsp3) is 0.438. The number of amides is 2. The van der Waals surface area contributed by atoms with Crippen molar-refractivity contribution >= 4 is 34.8 Å². The summed E-state index contributed by atoms with van der Waals surface area (Å²) in [6.45, 7) is 0.518. The van der Waals surface area contributed by atoms with E-state index in [1.54, 1.807) is 28.6 Å². The summed E-state index contributed by atoms with van der Waals surface area (Å²) in [5, 5.41) is 12.7. The topological polar surface area (TPSA) is 91.2 Å². The minimum absolute atomic E-state index is 0.223. The highest BCUT2D eigenvalue weighted by Crippen LogP contribution is 2.36. The molecule has 7 nitrogen and oxygen atoms in total. The summed E-state index contributed by atoms with van der Waals surface area (Å²) in [6.07, 6.45) is 3.45. The van der Waals surface area contributed by atoms with Gasteiger partial charge in [-0.25, -0.2) is 5.48 Å². The van der Waals surface area contributed by atoms with Crippen LogP contribution in [-0.2, 0) is 14.4 Å². The quantitative estimate of drug-likeness (QED) is 0.426. The molecule has 0 radical (unpaired) electrons. The van der Waals surface area contributed by atoms with Crippen LogP contribution in [0.2, 0.25) is 5.02 Å². The second-order valence-corrected chi connectivity index (χ2v) is 5.82. The van der Waals surface area contributed by atoms with Gasteiger partial charge in [-0.05, 0) is 18.9 Å². The van der Waals surface area contributed by atoms with Gasteiger partial charge >= 0.3 is 0 Å². The van der Waals surface area contributed by atoms with Crippen LogP contribution in [0.1, 0.15) is 37.7 Å². The summed E-state index contributed by atoms with van der Waals surface area (Å²) < 4.78 is 0. The molecule has 1 heterocycles. The molecule has 130 valence electrons. The molecular weight excluding hydrogens is 334 g/mol. The SMILES string of the molecule is CO/N=C1\C(=O)N(CCCCCCC(=O)NO)c2c(Cl)cccc21. The van der Waals surface area contributed by atoms with Gasteiger partial charge < -0.3 is 9.74 Å². The number of halogens is 1. The van der Waals surface area contributed by atoms with Crippen molar-refractivity contribution in [1.29, 1.82) is 0 Å². The Morgan fingerprint density at radius 2 is 2.08 bits per heavy atom. The van der Waals surface area contributed by atoms with E-state index in [0.29, 0.717) is 35.7 Å². The van der Waals surface area contributed by atoms with Crippen molar-refractivity contribution in [3.8, 4) is 0 Å². The Balaban J connectivity index is 1.95. The first kappa shape index (κ1) is 18.2. The van der Waals surface area contributed by atoms with Crippen molar-refractivity contribution in [1.82, 2.24) is 5.48 Å². The number of hydroxylamine groups is 1. The van der Waals surface area contributed by atoms with Gasteiger partial charge in [-0.3, -0.25) is 14.8 Å². The predicted octanol–water partition coefficient (Wildman–Crippen LogP) is 2.49. The molecule has 0 bridgehead atoms. The van der Waals surface area contributed by atoms with Gasteiger partial charge in [-0.1, -0.05) is 41.7 Å². The number of benzene rings is 1. The molecule has 1 aliphatic heterocycles. The van der Waals surface area contributed by atoms with E-state index in [9.17, 15) is 9.59 Å². The maximum Gasteiger partial charge on any atom is 0.281 e. The number of fused-ring (bicyclic) bond motifs is 1. The largest absolute Gasteiger partial charge is 0.398 e. The number of hydrogen-bond acceptors (Lipinski definition) is 5. The Morgan fingerprint density at radius 1 is 1.33 bits per heavy atom. The minimum atomic E-state index is -0.383. The minimum Gasteiger partial charge on any atom is -0.398 e. The number of carbonyl (C=O) groups is 2. The highest BCUT2D eigenvalue weighted by molar-refractivity contribution is 6.55. The number of para-hydroxylation sites is 1. The Hall–Kier alpha value is -2.12. The van der Waals surface area contributed by atoms with E-state index in [2.05, 4.69) is 5.16 Å². The van der Waals surface area contributed by atoms with Crippen LogP contribution in [0.5, 0.6) is 0 Å². The van der Waals surface area contributed by atoms with Crippen LogP contribution < -0.4 is 10.4 Å². The molecule has 0 spiro atoms. The first-order valence-electron chi connectivity index (χ1n) is 7.75. The number of nitrogens with zero attached hydrogens (tertiary/aromatic N) is 2. The summed E-state index contributed by atoms with van der Waals surface area (Å²) in [5.74, 6) is -0.606. The Morgan fingerprint density at radius 3 is 2.79 bits per heavy atom. The van der Waals surface area contributed by atoms with E-state index in [0.717, 1.165) is 19.3 Å². The molecule has 0 atom stereocenters. The summed E-state index contributed by atoms with van der Waals surface area (Å²) in [6, 6.07) is 5.31. The third-order valence-corrected chi connectivity index (χ3v) is 4.11. The summed E-state index contributed by atoms with van der Waals surface area (Å²) in [7, 11) is 1.40. The lowest BCUT2D eigenvalue weighted by Gasteiger charge is -2.17. The lowest BCUT2D eigenvalue weighted by atomic mass is 10.1. The third-order valence-electron chi connectivity index (χ3n) is 3.80. The number of oxime groups is 1. The average Bonchev–Trinajstić information content (AvgIpc) is 2.84. The van der Waals surface area contributed by atoms with E-state index in [-0.39, 0.29) is 17.5 Å². The van der Waals surface area contributed by atoms with Crippen LogP contribution in [-0.4, -0.2) is 36.4 Å². The third kappa shape index (κ3) is 4.04. The summed E-state index contributed by atoms with van der Waals surface area (Å²) in [5.41, 5.74) is 3.21. The molecule has 0 saturated carbocycles. The van der Waals surface area contributed by atoms with Gasteiger partial charge in [0.25, 0.3) is 5.91 Å². The fourth-order valence-electron chi connectivity index (χ4n) is 2.68. The zero-order valence-electron chi connectivity index (χ0n) is 13.4. The monoisotopic (exact) mass is 353 g/mol. The second-order valence-electron chi connectivity index (χ2n) is 5.41. The van der Waals surface area contributed by atoms with Crippen LogP contribution in [0.4, 0.5) is 5.69 Å². The van der Waals surface area contributed by atoms with Gasteiger partial charge in [0, 0.05) is 18.5 Å². The van der Waals surface area contributed by atoms with Gasteiger partial charge in [-0.2, -0.15) is 0 Å². The highest BCUT2D eigenvalue weighted by Gasteiger charge is 2.35. The van der Waals surface area contributed by atoms with Gasteiger partial charge in [0.15, 0.2) is 5.71 Å². The Labute approximate surface area is 145 Å². The molecule has 2 amide bonds. The van der Waals surface area contributed by atoms with Crippen LogP contribution in [0.15, 0.2) is 23.4 Å². The standard InChI is InChI=1S/C16H20ClN3O4/c1-24-19-14-11-7-6-8-12(17)15(11)20(16(14)22)10-5-3-2-4-9-13(21)18-23/h6-8,23H,2-5,9-10H2,1H3,(H,18,21)/b19-14-. The number of anilines is 1. The Kier molecular flexibility index (Phi) is 6.57. The maximum absolute atomic E-state index is 12.5. The van der Waals surface area contributed by atoms with E-state index in [1.807, 2.05) is 0 Å². The lowest BCUT2D eigenvalue weighted by Crippen LogP contribution is -2.31. The van der Waals surface area contributed by atoms with Crippen molar-refractivity contribution < 1.29 is 19.6 Å².